The van der Waals surface area contributed by atoms with Crippen LogP contribution < -0.4 is 5.73 Å². The highest BCUT2D eigenvalue weighted by Crippen LogP contribution is 2.39. The van der Waals surface area contributed by atoms with Crippen molar-refractivity contribution in [2.45, 2.75) is 51.6 Å². The first kappa shape index (κ1) is 15.1. The summed E-state index contributed by atoms with van der Waals surface area (Å²) in [5, 5.41) is 22.1. The van der Waals surface area contributed by atoms with Gasteiger partial charge >= 0.3 is 0 Å². The molecule has 0 aromatic heterocycles. The molecule has 0 bridgehead atoms. The van der Waals surface area contributed by atoms with E-state index in [1.807, 2.05) is 6.92 Å². The van der Waals surface area contributed by atoms with Crippen molar-refractivity contribution in [3.8, 4) is 0 Å². The number of nitrogens with zero attached hydrogens (tertiary/aromatic N) is 2. The van der Waals surface area contributed by atoms with Crippen LogP contribution in [0.2, 0.25) is 0 Å². The maximum Gasteiger partial charge on any atom is 0.236 e. The number of aliphatic hydroxyl groups is 1. The third-order valence-corrected chi connectivity index (χ3v) is 4.92. The van der Waals surface area contributed by atoms with Crippen molar-refractivity contribution >= 4 is 11.7 Å². The summed E-state index contributed by atoms with van der Waals surface area (Å²) in [7, 11) is 0. The number of amidine groups is 1. The number of likely N-dealkylation sites (tertiary alicyclic amines) is 1. The van der Waals surface area contributed by atoms with E-state index in [4.69, 9.17) is 10.9 Å². The van der Waals surface area contributed by atoms with Crippen LogP contribution in [0.1, 0.15) is 45.4 Å². The molecule has 0 spiro atoms. The quantitative estimate of drug-likeness (QED) is 0.303. The minimum Gasteiger partial charge on any atom is -0.409 e. The normalized spacial score (nSPS) is 31.1. The van der Waals surface area contributed by atoms with Crippen molar-refractivity contribution in [2.24, 2.45) is 22.2 Å². The van der Waals surface area contributed by atoms with Gasteiger partial charge in [-0.25, -0.2) is 0 Å². The molecule has 2 fully saturated rings. The van der Waals surface area contributed by atoms with Crippen LogP contribution in [0.3, 0.4) is 0 Å². The second kappa shape index (κ2) is 5.99. The van der Waals surface area contributed by atoms with Crippen LogP contribution in [0.4, 0.5) is 0 Å². The number of carbonyl (C=O) groups excluding carboxylic acids is 1. The summed E-state index contributed by atoms with van der Waals surface area (Å²) >= 11 is 0. The van der Waals surface area contributed by atoms with E-state index in [0.717, 1.165) is 25.7 Å². The Bertz CT molecular complexity index is 391. The number of aliphatic hydroxyl groups excluding tert-OH is 1. The molecule has 0 aromatic carbocycles. The van der Waals surface area contributed by atoms with Gasteiger partial charge < -0.3 is 20.9 Å². The van der Waals surface area contributed by atoms with E-state index >= 15 is 0 Å². The average molecular weight is 283 g/mol. The Balaban J connectivity index is 2.19. The fourth-order valence-electron chi connectivity index (χ4n) is 3.37. The molecule has 114 valence electrons. The molecule has 0 aromatic rings. The standard InChI is InChI=1S/C14H25N3O3/c1-10-5-8-17(9-11(10)18)13(19)14(12(15)16-20)6-3-2-4-7-14/h10-11,18,20H,2-9H2,1H3,(H2,15,16). The molecule has 1 aliphatic carbocycles. The molecular formula is C14H25N3O3. The van der Waals surface area contributed by atoms with Crippen molar-refractivity contribution in [3.63, 3.8) is 0 Å². The number of amides is 1. The van der Waals surface area contributed by atoms with Crippen molar-refractivity contribution in [3.05, 3.63) is 0 Å². The SMILES string of the molecule is CC1CCN(C(=O)C2(C(N)=NO)CCCCC2)CC1O. The molecule has 2 rings (SSSR count). The lowest BCUT2D eigenvalue weighted by Gasteiger charge is -2.42. The van der Waals surface area contributed by atoms with Gasteiger partial charge in [0, 0.05) is 13.1 Å². The molecule has 1 saturated carbocycles. The smallest absolute Gasteiger partial charge is 0.236 e. The fraction of sp³-hybridized carbons (Fsp3) is 0.857. The van der Waals surface area contributed by atoms with Gasteiger partial charge in [-0.05, 0) is 25.2 Å². The van der Waals surface area contributed by atoms with E-state index in [1.165, 1.54) is 0 Å². The first-order chi connectivity index (χ1) is 9.51. The van der Waals surface area contributed by atoms with E-state index in [2.05, 4.69) is 5.16 Å². The number of β-amino-alcohol motifs (C(OH)–C–C–N with tert-alkyl or cyclic N) is 1. The largest absolute Gasteiger partial charge is 0.409 e. The predicted octanol–water partition coefficient (Wildman–Crippen LogP) is 0.913. The maximum atomic E-state index is 12.9. The molecule has 20 heavy (non-hydrogen) atoms. The van der Waals surface area contributed by atoms with Crippen molar-refractivity contribution in [2.75, 3.05) is 13.1 Å². The summed E-state index contributed by atoms with van der Waals surface area (Å²) in [5.74, 6) is 0.152. The Morgan fingerprint density at radius 1 is 1.35 bits per heavy atom. The minimum atomic E-state index is -0.868. The fourth-order valence-corrected chi connectivity index (χ4v) is 3.37. The number of oxime groups is 1. The summed E-state index contributed by atoms with van der Waals surface area (Å²) < 4.78 is 0. The number of hydrogen-bond donors (Lipinski definition) is 3. The van der Waals surface area contributed by atoms with Gasteiger partial charge in [-0.1, -0.05) is 31.3 Å². The van der Waals surface area contributed by atoms with Gasteiger partial charge in [0.2, 0.25) is 5.91 Å². The van der Waals surface area contributed by atoms with E-state index in [9.17, 15) is 9.90 Å². The molecule has 6 nitrogen and oxygen atoms in total. The van der Waals surface area contributed by atoms with Crippen LogP contribution in [0.25, 0.3) is 0 Å². The molecule has 2 unspecified atom stereocenters. The summed E-state index contributed by atoms with van der Waals surface area (Å²) in [4.78, 5) is 14.6. The second-order valence-electron chi connectivity index (χ2n) is 6.21. The maximum absolute atomic E-state index is 12.9. The molecule has 1 heterocycles. The summed E-state index contributed by atoms with van der Waals surface area (Å²) in [6.07, 6.45) is 4.46. The van der Waals surface area contributed by atoms with Crippen molar-refractivity contribution < 1.29 is 15.1 Å². The molecule has 4 N–H and O–H groups in total. The highest BCUT2D eigenvalue weighted by molar-refractivity contribution is 6.06. The highest BCUT2D eigenvalue weighted by Gasteiger charge is 2.47. The Morgan fingerprint density at radius 2 is 2.00 bits per heavy atom. The van der Waals surface area contributed by atoms with Gasteiger partial charge in [0.25, 0.3) is 0 Å². The van der Waals surface area contributed by atoms with Crippen LogP contribution in [0.5, 0.6) is 0 Å². The summed E-state index contributed by atoms with van der Waals surface area (Å²) in [6, 6.07) is 0. The number of rotatable bonds is 2. The monoisotopic (exact) mass is 283 g/mol. The van der Waals surface area contributed by atoms with E-state index in [1.54, 1.807) is 4.90 Å². The zero-order chi connectivity index (χ0) is 14.8. The summed E-state index contributed by atoms with van der Waals surface area (Å²) in [6.45, 7) is 2.98. The van der Waals surface area contributed by atoms with Crippen LogP contribution >= 0.6 is 0 Å². The van der Waals surface area contributed by atoms with Crippen molar-refractivity contribution in [1.29, 1.82) is 0 Å². The van der Waals surface area contributed by atoms with Crippen LogP contribution in [-0.2, 0) is 4.79 Å². The Kier molecular flexibility index (Phi) is 4.52. The Labute approximate surface area is 119 Å². The first-order valence-corrected chi connectivity index (χ1v) is 7.46. The molecule has 0 radical (unpaired) electrons. The third kappa shape index (κ3) is 2.61. The minimum absolute atomic E-state index is 0.0234. The zero-order valence-electron chi connectivity index (χ0n) is 12.1. The molecule has 1 aliphatic heterocycles. The second-order valence-corrected chi connectivity index (χ2v) is 6.21. The molecule has 6 heteroatoms. The molecule has 2 atom stereocenters. The lowest BCUT2D eigenvalue weighted by Crippen LogP contribution is -2.56. The summed E-state index contributed by atoms with van der Waals surface area (Å²) in [5.41, 5.74) is 4.97. The van der Waals surface area contributed by atoms with Crippen LogP contribution in [-0.4, -0.2) is 46.1 Å². The lowest BCUT2D eigenvalue weighted by atomic mass is 9.71. The van der Waals surface area contributed by atoms with E-state index < -0.39 is 11.5 Å². The van der Waals surface area contributed by atoms with Gasteiger partial charge in [0.05, 0.1) is 6.10 Å². The number of carbonyl (C=O) groups is 1. The Hall–Kier alpha value is -1.30. The topological polar surface area (TPSA) is 99.2 Å². The Morgan fingerprint density at radius 3 is 2.55 bits per heavy atom. The molecule has 1 amide bonds. The van der Waals surface area contributed by atoms with Crippen LogP contribution in [0.15, 0.2) is 5.16 Å². The van der Waals surface area contributed by atoms with Gasteiger partial charge in [0.1, 0.15) is 5.41 Å². The number of piperidine rings is 1. The predicted molar refractivity (Wildman–Crippen MR) is 75.3 cm³/mol. The van der Waals surface area contributed by atoms with Crippen molar-refractivity contribution in [1.82, 2.24) is 4.90 Å². The van der Waals surface area contributed by atoms with Gasteiger partial charge in [-0.3, -0.25) is 4.79 Å². The van der Waals surface area contributed by atoms with Gasteiger partial charge in [0.15, 0.2) is 5.84 Å². The molecule has 1 saturated heterocycles. The van der Waals surface area contributed by atoms with Gasteiger partial charge in [-0.15, -0.1) is 0 Å². The third-order valence-electron chi connectivity index (χ3n) is 4.92. The van der Waals surface area contributed by atoms with E-state index in [0.29, 0.717) is 25.9 Å². The average Bonchev–Trinajstić information content (AvgIpc) is 2.49. The lowest BCUT2D eigenvalue weighted by molar-refractivity contribution is -0.144. The molecular weight excluding hydrogens is 258 g/mol. The number of hydrogen-bond acceptors (Lipinski definition) is 4. The molecule has 2 aliphatic rings. The number of nitrogens with two attached hydrogens (primary N) is 1. The van der Waals surface area contributed by atoms with E-state index in [-0.39, 0.29) is 17.7 Å². The van der Waals surface area contributed by atoms with Gasteiger partial charge in [-0.2, -0.15) is 0 Å². The van der Waals surface area contributed by atoms with Crippen LogP contribution in [0, 0.1) is 11.3 Å². The zero-order valence-corrected chi connectivity index (χ0v) is 12.1. The highest BCUT2D eigenvalue weighted by atomic mass is 16.4. The first-order valence-electron chi connectivity index (χ1n) is 7.46.